The van der Waals surface area contributed by atoms with E-state index in [2.05, 4.69) is 39.6 Å². The van der Waals surface area contributed by atoms with Crippen molar-refractivity contribution in [1.82, 2.24) is 24.7 Å². The van der Waals surface area contributed by atoms with Crippen molar-refractivity contribution < 1.29 is 9.72 Å². The quantitative estimate of drug-likeness (QED) is 0.217. The molecule has 1 amide bonds. The van der Waals surface area contributed by atoms with Crippen LogP contribution in [0.15, 0.2) is 71.9 Å². The van der Waals surface area contributed by atoms with E-state index in [1.54, 1.807) is 28.8 Å². The molecule has 1 fully saturated rings. The van der Waals surface area contributed by atoms with Gasteiger partial charge in [-0.1, -0.05) is 54.2 Å². The van der Waals surface area contributed by atoms with E-state index in [1.807, 2.05) is 11.0 Å². The van der Waals surface area contributed by atoms with Crippen molar-refractivity contribution in [3.63, 3.8) is 0 Å². The van der Waals surface area contributed by atoms with Crippen LogP contribution in [0.3, 0.4) is 0 Å². The Hall–Kier alpha value is -3.79. The number of nitrogens with zero attached hydrogens (tertiary/aromatic N) is 6. The Labute approximate surface area is 206 Å². The van der Waals surface area contributed by atoms with Gasteiger partial charge in [-0.3, -0.25) is 14.9 Å². The highest BCUT2D eigenvalue weighted by Crippen LogP contribution is 2.25. The van der Waals surface area contributed by atoms with Gasteiger partial charge in [0, 0.05) is 30.8 Å². The topological polar surface area (TPSA) is 107 Å². The van der Waals surface area contributed by atoms with E-state index in [0.717, 1.165) is 32.4 Å². The number of piperidine rings is 1. The second-order valence-electron chi connectivity index (χ2n) is 8.58. The standard InChI is InChI=1S/C25H24N6O3S/c32-24(29-13-11-19(12-14-29)15-18-5-2-1-3-6-18)17-35-25-27-26-23-10-9-22(28-30(23)25)20-7-4-8-21(16-20)31(33)34/h1-10,16,19H,11-15,17H2. The van der Waals surface area contributed by atoms with Gasteiger partial charge in [-0.2, -0.15) is 9.61 Å². The largest absolute Gasteiger partial charge is 0.342 e. The maximum Gasteiger partial charge on any atom is 0.270 e. The van der Waals surface area contributed by atoms with Gasteiger partial charge in [0.1, 0.15) is 0 Å². The van der Waals surface area contributed by atoms with Crippen LogP contribution in [0.4, 0.5) is 5.69 Å². The second kappa shape index (κ2) is 10.2. The third kappa shape index (κ3) is 5.32. The number of hydrogen-bond acceptors (Lipinski definition) is 7. The first-order chi connectivity index (χ1) is 17.1. The first kappa shape index (κ1) is 23.0. The lowest BCUT2D eigenvalue weighted by Gasteiger charge is -2.32. The van der Waals surface area contributed by atoms with E-state index in [4.69, 9.17) is 0 Å². The van der Waals surface area contributed by atoms with Gasteiger partial charge in [-0.15, -0.1) is 10.2 Å². The predicted octanol–water partition coefficient (Wildman–Crippen LogP) is 4.27. The minimum atomic E-state index is -0.432. The smallest absolute Gasteiger partial charge is 0.270 e. The zero-order valence-electron chi connectivity index (χ0n) is 19.0. The van der Waals surface area contributed by atoms with Crippen molar-refractivity contribution in [3.8, 4) is 11.3 Å². The number of likely N-dealkylation sites (tertiary alicyclic amines) is 1. The summed E-state index contributed by atoms with van der Waals surface area (Å²) in [7, 11) is 0. The Morgan fingerprint density at radius 1 is 1.03 bits per heavy atom. The number of carbonyl (C=O) groups excluding carboxylic acids is 1. The van der Waals surface area contributed by atoms with Crippen LogP contribution in [-0.4, -0.2) is 54.4 Å². The van der Waals surface area contributed by atoms with Gasteiger partial charge in [0.05, 0.1) is 16.4 Å². The van der Waals surface area contributed by atoms with E-state index < -0.39 is 4.92 Å². The lowest BCUT2D eigenvalue weighted by Crippen LogP contribution is -2.39. The fourth-order valence-electron chi connectivity index (χ4n) is 4.34. The molecule has 5 rings (SSSR count). The molecule has 0 bridgehead atoms. The van der Waals surface area contributed by atoms with Crippen molar-refractivity contribution in [2.45, 2.75) is 24.4 Å². The molecule has 3 heterocycles. The second-order valence-corrected chi connectivity index (χ2v) is 9.52. The number of nitro groups is 1. The molecule has 0 N–H and O–H groups in total. The third-order valence-electron chi connectivity index (χ3n) is 6.25. The molecule has 2 aromatic heterocycles. The minimum Gasteiger partial charge on any atom is -0.342 e. The molecular weight excluding hydrogens is 464 g/mol. The summed E-state index contributed by atoms with van der Waals surface area (Å²) in [5, 5.41) is 24.5. The Balaban J connectivity index is 1.21. The van der Waals surface area contributed by atoms with E-state index in [-0.39, 0.29) is 17.3 Å². The zero-order valence-corrected chi connectivity index (χ0v) is 19.8. The van der Waals surface area contributed by atoms with Gasteiger partial charge in [-0.05, 0) is 42.9 Å². The molecule has 0 radical (unpaired) electrons. The lowest BCUT2D eigenvalue weighted by atomic mass is 9.90. The summed E-state index contributed by atoms with van der Waals surface area (Å²) in [6.07, 6.45) is 3.07. The van der Waals surface area contributed by atoms with E-state index in [0.29, 0.717) is 28.0 Å². The average molecular weight is 489 g/mol. The molecule has 0 spiro atoms. The molecule has 35 heavy (non-hydrogen) atoms. The number of benzene rings is 2. The molecular formula is C25H24N6O3S. The highest BCUT2D eigenvalue weighted by molar-refractivity contribution is 7.99. The van der Waals surface area contributed by atoms with Gasteiger partial charge in [0.15, 0.2) is 5.65 Å². The average Bonchev–Trinajstić information content (AvgIpc) is 3.30. The van der Waals surface area contributed by atoms with Gasteiger partial charge in [0.2, 0.25) is 11.1 Å². The highest BCUT2D eigenvalue weighted by atomic mass is 32.2. The SMILES string of the molecule is O=C(CSc1nnc2ccc(-c3cccc([N+](=O)[O-])c3)nn12)N1CCC(Cc2ccccc2)CC1. The van der Waals surface area contributed by atoms with E-state index in [1.165, 1.54) is 29.5 Å². The maximum atomic E-state index is 12.8. The molecule has 1 aliphatic heterocycles. The number of aromatic nitrogens is 4. The van der Waals surface area contributed by atoms with Crippen LogP contribution in [0.5, 0.6) is 0 Å². The van der Waals surface area contributed by atoms with Crippen LogP contribution in [-0.2, 0) is 11.2 Å². The molecule has 10 heteroatoms. The van der Waals surface area contributed by atoms with Crippen molar-refractivity contribution in [2.24, 2.45) is 5.92 Å². The predicted molar refractivity (Wildman–Crippen MR) is 133 cm³/mol. The number of rotatable bonds is 7. The molecule has 1 aliphatic rings. The van der Waals surface area contributed by atoms with Gasteiger partial charge < -0.3 is 4.90 Å². The van der Waals surface area contributed by atoms with Crippen LogP contribution >= 0.6 is 11.8 Å². The van der Waals surface area contributed by atoms with Crippen LogP contribution in [0.1, 0.15) is 18.4 Å². The molecule has 0 saturated carbocycles. The van der Waals surface area contributed by atoms with Crippen molar-refractivity contribution in [2.75, 3.05) is 18.8 Å². The third-order valence-corrected chi connectivity index (χ3v) is 7.15. The lowest BCUT2D eigenvalue weighted by molar-refractivity contribution is -0.384. The van der Waals surface area contributed by atoms with E-state index >= 15 is 0 Å². The highest BCUT2D eigenvalue weighted by Gasteiger charge is 2.23. The molecule has 4 aromatic rings. The first-order valence-electron chi connectivity index (χ1n) is 11.5. The van der Waals surface area contributed by atoms with Gasteiger partial charge >= 0.3 is 0 Å². The molecule has 178 valence electrons. The van der Waals surface area contributed by atoms with Crippen LogP contribution in [0.2, 0.25) is 0 Å². The summed E-state index contributed by atoms with van der Waals surface area (Å²) >= 11 is 1.30. The van der Waals surface area contributed by atoms with Gasteiger partial charge in [0.25, 0.3) is 5.69 Å². The van der Waals surface area contributed by atoms with Crippen LogP contribution in [0.25, 0.3) is 16.9 Å². The summed E-state index contributed by atoms with van der Waals surface area (Å²) in [6.45, 7) is 1.54. The molecule has 0 unspecified atom stereocenters. The van der Waals surface area contributed by atoms with Crippen molar-refractivity contribution in [3.05, 3.63) is 82.4 Å². The summed E-state index contributed by atoms with van der Waals surface area (Å²) < 4.78 is 1.58. The summed E-state index contributed by atoms with van der Waals surface area (Å²) in [5.41, 5.74) is 3.09. The molecule has 2 aromatic carbocycles. The zero-order chi connectivity index (χ0) is 24.2. The Morgan fingerprint density at radius 3 is 2.60 bits per heavy atom. The number of carbonyl (C=O) groups is 1. The summed E-state index contributed by atoms with van der Waals surface area (Å²) in [5.74, 6) is 0.943. The van der Waals surface area contributed by atoms with Crippen LogP contribution in [0, 0.1) is 16.0 Å². The molecule has 1 saturated heterocycles. The number of fused-ring (bicyclic) bond motifs is 1. The van der Waals surface area contributed by atoms with Crippen LogP contribution < -0.4 is 0 Å². The van der Waals surface area contributed by atoms with Gasteiger partial charge in [-0.25, -0.2) is 0 Å². The van der Waals surface area contributed by atoms with E-state index in [9.17, 15) is 14.9 Å². The minimum absolute atomic E-state index is 0.000822. The van der Waals surface area contributed by atoms with Crippen molar-refractivity contribution in [1.29, 1.82) is 0 Å². The Kier molecular flexibility index (Phi) is 6.71. The first-order valence-corrected chi connectivity index (χ1v) is 12.5. The molecule has 0 aliphatic carbocycles. The number of non-ortho nitro benzene ring substituents is 1. The Morgan fingerprint density at radius 2 is 1.83 bits per heavy atom. The fourth-order valence-corrected chi connectivity index (χ4v) is 5.13. The molecule has 0 atom stereocenters. The number of thioether (sulfide) groups is 1. The summed E-state index contributed by atoms with van der Waals surface area (Å²) in [4.78, 5) is 25.5. The number of nitro benzene ring substituents is 1. The molecule has 9 nitrogen and oxygen atoms in total. The normalized spacial score (nSPS) is 14.3. The maximum absolute atomic E-state index is 12.8. The number of hydrogen-bond donors (Lipinski definition) is 0. The fraction of sp³-hybridized carbons (Fsp3) is 0.280. The Bertz CT molecular complexity index is 1350. The number of amides is 1. The monoisotopic (exact) mass is 488 g/mol. The van der Waals surface area contributed by atoms with Crippen molar-refractivity contribution >= 4 is 29.0 Å². The summed E-state index contributed by atoms with van der Waals surface area (Å²) in [6, 6.07) is 20.3.